The van der Waals surface area contributed by atoms with Gasteiger partial charge in [-0.05, 0) is 18.6 Å². The summed E-state index contributed by atoms with van der Waals surface area (Å²) in [6.45, 7) is 2.08. The van der Waals surface area contributed by atoms with Crippen LogP contribution in [0.2, 0.25) is 0 Å². The molecule has 3 aromatic rings. The minimum atomic E-state index is -1.77. The number of pyridine rings is 1. The molecule has 1 unspecified atom stereocenters. The van der Waals surface area contributed by atoms with Crippen molar-refractivity contribution in [1.29, 1.82) is 0 Å². The first-order chi connectivity index (χ1) is 12.0. The van der Waals surface area contributed by atoms with E-state index < -0.39 is 11.6 Å². The van der Waals surface area contributed by atoms with Crippen molar-refractivity contribution in [2.24, 2.45) is 0 Å². The van der Waals surface area contributed by atoms with Gasteiger partial charge in [-0.1, -0.05) is 25.1 Å². The number of carbonyl (C=O) groups excluding carboxylic acids is 1. The van der Waals surface area contributed by atoms with Crippen molar-refractivity contribution in [3.63, 3.8) is 0 Å². The van der Waals surface area contributed by atoms with Crippen LogP contribution in [-0.2, 0) is 28.3 Å². The zero-order chi connectivity index (χ0) is 17.3. The molecule has 4 heterocycles. The summed E-state index contributed by atoms with van der Waals surface area (Å²) in [6.07, 6.45) is 0.154. The molecule has 25 heavy (non-hydrogen) atoms. The summed E-state index contributed by atoms with van der Waals surface area (Å²) in [6, 6.07) is 9.71. The number of rotatable bonds is 1. The van der Waals surface area contributed by atoms with Gasteiger partial charge in [-0.2, -0.15) is 0 Å². The van der Waals surface area contributed by atoms with Gasteiger partial charge in [0.15, 0.2) is 5.60 Å². The Morgan fingerprint density at radius 3 is 2.88 bits per heavy atom. The van der Waals surface area contributed by atoms with Crippen molar-refractivity contribution in [1.82, 2.24) is 9.55 Å². The lowest BCUT2D eigenvalue weighted by Crippen LogP contribution is -2.44. The number of benzene rings is 1. The highest BCUT2D eigenvalue weighted by Crippen LogP contribution is 2.40. The number of hydrogen-bond acceptors (Lipinski definition) is 4. The van der Waals surface area contributed by atoms with E-state index in [1.54, 1.807) is 17.6 Å². The monoisotopic (exact) mass is 336 g/mol. The summed E-state index contributed by atoms with van der Waals surface area (Å²) in [5, 5.41) is 11.9. The van der Waals surface area contributed by atoms with E-state index in [4.69, 9.17) is 4.74 Å². The zero-order valence-electron chi connectivity index (χ0n) is 13.6. The maximum absolute atomic E-state index is 13.0. The van der Waals surface area contributed by atoms with Gasteiger partial charge in [0.05, 0.1) is 23.5 Å². The molecule has 6 nitrogen and oxygen atoms in total. The van der Waals surface area contributed by atoms with Crippen molar-refractivity contribution in [2.45, 2.75) is 32.1 Å². The molecule has 0 spiro atoms. The molecule has 2 aliphatic heterocycles. The molecule has 126 valence electrons. The predicted octanol–water partition coefficient (Wildman–Crippen LogP) is 2.01. The number of esters is 1. The molecule has 0 amide bonds. The Balaban J connectivity index is 1.83. The number of nitrogens with one attached hydrogen (secondary N) is 1. The normalized spacial score (nSPS) is 21.0. The molecule has 0 fully saturated rings. The molecule has 0 bridgehead atoms. The first-order valence-electron chi connectivity index (χ1n) is 8.31. The fraction of sp³-hybridized carbons (Fsp3) is 0.263. The summed E-state index contributed by atoms with van der Waals surface area (Å²) in [4.78, 5) is 28.4. The molecule has 0 saturated carbocycles. The van der Waals surface area contributed by atoms with E-state index in [1.165, 1.54) is 0 Å². The largest absolute Gasteiger partial charge is 0.458 e. The number of ether oxygens (including phenoxy) is 1. The molecule has 2 aromatic heterocycles. The topological polar surface area (TPSA) is 84.3 Å². The number of aromatic amines is 1. The van der Waals surface area contributed by atoms with Gasteiger partial charge in [0.25, 0.3) is 5.56 Å². The van der Waals surface area contributed by atoms with Gasteiger partial charge in [-0.15, -0.1) is 0 Å². The van der Waals surface area contributed by atoms with Gasteiger partial charge < -0.3 is 19.4 Å². The number of cyclic esters (lactones) is 1. The number of carbonyl (C=O) groups is 1. The smallest absolute Gasteiger partial charge is 0.343 e. The number of fused-ring (bicyclic) bond motifs is 6. The van der Waals surface area contributed by atoms with Gasteiger partial charge in [0, 0.05) is 22.0 Å². The third-order valence-electron chi connectivity index (χ3n) is 5.43. The van der Waals surface area contributed by atoms with Crippen LogP contribution in [0.3, 0.4) is 0 Å². The maximum Gasteiger partial charge on any atom is 0.343 e. The lowest BCUT2D eigenvalue weighted by Gasteiger charge is -2.31. The van der Waals surface area contributed by atoms with Gasteiger partial charge in [0.1, 0.15) is 6.61 Å². The lowest BCUT2D eigenvalue weighted by molar-refractivity contribution is -0.172. The standard InChI is InChI=1S/C19H16N2O4/c1-2-19(24)13-7-15-16-11(10-5-3-4-6-14(10)20-16)8-21(15)17(22)12(13)9-25-18(19)23/h3-7,20,24H,2,8-9H2,1H3. The van der Waals surface area contributed by atoms with Crippen molar-refractivity contribution < 1.29 is 14.6 Å². The quantitative estimate of drug-likeness (QED) is 0.521. The maximum atomic E-state index is 13.0. The van der Waals surface area contributed by atoms with Gasteiger partial charge in [-0.3, -0.25) is 4.79 Å². The third kappa shape index (κ3) is 1.67. The molecule has 0 saturated heterocycles. The summed E-state index contributed by atoms with van der Waals surface area (Å²) in [5.74, 6) is -0.693. The Bertz CT molecular complexity index is 1120. The molecule has 2 aliphatic rings. The van der Waals surface area contributed by atoms with Crippen LogP contribution in [0.15, 0.2) is 35.1 Å². The number of H-pyrrole nitrogens is 1. The van der Waals surface area contributed by atoms with Crippen LogP contribution >= 0.6 is 0 Å². The minimum absolute atomic E-state index is 0.0930. The Morgan fingerprint density at radius 2 is 2.08 bits per heavy atom. The summed E-state index contributed by atoms with van der Waals surface area (Å²) < 4.78 is 6.75. The number of nitrogens with zero attached hydrogens (tertiary/aromatic N) is 1. The molecular weight excluding hydrogens is 320 g/mol. The fourth-order valence-electron chi connectivity index (χ4n) is 4.00. The van der Waals surface area contributed by atoms with Crippen LogP contribution < -0.4 is 5.56 Å². The van der Waals surface area contributed by atoms with Gasteiger partial charge in [0.2, 0.25) is 0 Å². The highest BCUT2D eigenvalue weighted by atomic mass is 16.6. The Kier molecular flexibility index (Phi) is 2.67. The number of aromatic nitrogens is 2. The van der Waals surface area contributed by atoms with E-state index in [2.05, 4.69) is 4.98 Å². The van der Waals surface area contributed by atoms with E-state index in [9.17, 15) is 14.7 Å². The second-order valence-electron chi connectivity index (χ2n) is 6.63. The van der Waals surface area contributed by atoms with E-state index in [-0.39, 0.29) is 18.6 Å². The lowest BCUT2D eigenvalue weighted by atomic mass is 9.86. The van der Waals surface area contributed by atoms with Crippen molar-refractivity contribution >= 4 is 16.9 Å². The highest BCUT2D eigenvalue weighted by molar-refractivity contribution is 5.92. The number of para-hydroxylation sites is 1. The van der Waals surface area contributed by atoms with Gasteiger partial charge in [-0.25, -0.2) is 4.79 Å². The van der Waals surface area contributed by atoms with Crippen LogP contribution in [0, 0.1) is 0 Å². The van der Waals surface area contributed by atoms with Crippen molar-refractivity contribution in [3.05, 3.63) is 57.4 Å². The molecule has 1 atom stereocenters. The fourth-order valence-corrected chi connectivity index (χ4v) is 4.00. The Labute approximate surface area is 142 Å². The van der Waals surface area contributed by atoms with Crippen LogP contribution in [0.4, 0.5) is 0 Å². The van der Waals surface area contributed by atoms with E-state index in [1.807, 2.05) is 24.3 Å². The SMILES string of the molecule is CCC1(O)C(=O)OCc2c1cc1n(c2=O)Cc2c-1[nH]c1ccccc21. The first kappa shape index (κ1) is 14.5. The van der Waals surface area contributed by atoms with Crippen molar-refractivity contribution in [2.75, 3.05) is 0 Å². The molecular formula is C19H16N2O4. The average molecular weight is 336 g/mol. The Hall–Kier alpha value is -2.86. The van der Waals surface area contributed by atoms with Crippen LogP contribution in [0.25, 0.3) is 22.3 Å². The second kappa shape index (κ2) is 4.61. The predicted molar refractivity (Wildman–Crippen MR) is 91.1 cm³/mol. The molecule has 0 radical (unpaired) electrons. The molecule has 6 heteroatoms. The summed E-state index contributed by atoms with van der Waals surface area (Å²) >= 11 is 0. The Morgan fingerprint density at radius 1 is 1.28 bits per heavy atom. The van der Waals surface area contributed by atoms with E-state index >= 15 is 0 Å². The molecule has 1 aromatic carbocycles. The number of aliphatic hydroxyl groups is 1. The highest BCUT2D eigenvalue weighted by Gasteiger charge is 2.45. The third-order valence-corrected chi connectivity index (χ3v) is 5.43. The molecule has 2 N–H and O–H groups in total. The van der Waals surface area contributed by atoms with Crippen molar-refractivity contribution in [3.8, 4) is 11.4 Å². The first-order valence-corrected chi connectivity index (χ1v) is 8.31. The second-order valence-corrected chi connectivity index (χ2v) is 6.63. The molecule has 5 rings (SSSR count). The van der Waals surface area contributed by atoms with E-state index in [0.29, 0.717) is 23.4 Å². The average Bonchev–Trinajstić information content (AvgIpc) is 3.15. The van der Waals surface area contributed by atoms with Crippen LogP contribution in [-0.4, -0.2) is 20.6 Å². The van der Waals surface area contributed by atoms with Crippen LogP contribution in [0.1, 0.15) is 30.0 Å². The zero-order valence-corrected chi connectivity index (χ0v) is 13.6. The van der Waals surface area contributed by atoms with E-state index in [0.717, 1.165) is 22.2 Å². The summed E-state index contributed by atoms with van der Waals surface area (Å²) in [5.41, 5.74) is 2.40. The molecule has 0 aliphatic carbocycles. The van der Waals surface area contributed by atoms with Gasteiger partial charge >= 0.3 is 5.97 Å². The van der Waals surface area contributed by atoms with Crippen LogP contribution in [0.5, 0.6) is 0 Å². The number of hydrogen-bond donors (Lipinski definition) is 2. The minimum Gasteiger partial charge on any atom is -0.458 e. The summed E-state index contributed by atoms with van der Waals surface area (Å²) in [7, 11) is 0.